The summed E-state index contributed by atoms with van der Waals surface area (Å²) in [4.78, 5) is 12.1. The summed E-state index contributed by atoms with van der Waals surface area (Å²) < 4.78 is 2.25. The molecule has 0 bridgehead atoms. The van der Waals surface area contributed by atoms with E-state index < -0.39 is 0 Å². The average molecular weight is 299 g/mol. The van der Waals surface area contributed by atoms with Crippen molar-refractivity contribution in [2.45, 2.75) is 44.7 Å². The molecule has 3 N–H and O–H groups in total. The molecule has 2 unspecified atom stereocenters. The lowest BCUT2D eigenvalue weighted by atomic mass is 9.85. The lowest BCUT2D eigenvalue weighted by molar-refractivity contribution is -0.126. The standard InChI is InChI=1S/C18H25N3O/c19-16-7-3-6-15(13-16)18(22)20-10-4-11-21-12-9-14-5-1-2-8-17(14)21/h1-2,5,8-9,12,15-16H,3-4,6-7,10-11,13,19H2,(H,20,22). The Labute approximate surface area is 131 Å². The average Bonchev–Trinajstić information content (AvgIpc) is 2.95. The first kappa shape index (κ1) is 15.1. The van der Waals surface area contributed by atoms with Crippen LogP contribution in [-0.2, 0) is 11.3 Å². The minimum atomic E-state index is 0.121. The fraction of sp³-hybridized carbons (Fsp3) is 0.500. The zero-order valence-electron chi connectivity index (χ0n) is 13.0. The predicted molar refractivity (Wildman–Crippen MR) is 89.5 cm³/mol. The molecule has 1 aliphatic carbocycles. The van der Waals surface area contributed by atoms with E-state index in [4.69, 9.17) is 5.73 Å². The molecule has 0 aliphatic heterocycles. The molecule has 22 heavy (non-hydrogen) atoms. The first-order valence-corrected chi connectivity index (χ1v) is 8.31. The number of nitrogens with zero attached hydrogens (tertiary/aromatic N) is 1. The third kappa shape index (κ3) is 3.50. The number of amides is 1. The number of hydrogen-bond donors (Lipinski definition) is 2. The van der Waals surface area contributed by atoms with Crippen molar-refractivity contribution in [3.63, 3.8) is 0 Å². The number of carbonyl (C=O) groups is 1. The molecule has 1 aromatic heterocycles. The molecule has 0 saturated heterocycles. The Bertz CT molecular complexity index is 634. The van der Waals surface area contributed by atoms with Gasteiger partial charge in [0.25, 0.3) is 0 Å². The van der Waals surface area contributed by atoms with Gasteiger partial charge in [-0.05, 0) is 43.2 Å². The minimum Gasteiger partial charge on any atom is -0.356 e. The van der Waals surface area contributed by atoms with Gasteiger partial charge in [-0.2, -0.15) is 0 Å². The number of para-hydroxylation sites is 1. The Balaban J connectivity index is 1.44. The summed E-state index contributed by atoms with van der Waals surface area (Å²) in [6.45, 7) is 1.66. The van der Waals surface area contributed by atoms with Crippen molar-refractivity contribution in [2.24, 2.45) is 11.7 Å². The normalized spacial score (nSPS) is 21.9. The smallest absolute Gasteiger partial charge is 0.223 e. The van der Waals surface area contributed by atoms with E-state index in [2.05, 4.69) is 46.4 Å². The van der Waals surface area contributed by atoms with Crippen LogP contribution in [0.2, 0.25) is 0 Å². The van der Waals surface area contributed by atoms with Gasteiger partial charge < -0.3 is 15.6 Å². The Morgan fingerprint density at radius 2 is 2.14 bits per heavy atom. The number of benzene rings is 1. The lowest BCUT2D eigenvalue weighted by Crippen LogP contribution is -2.38. The Morgan fingerprint density at radius 1 is 1.27 bits per heavy atom. The van der Waals surface area contributed by atoms with Crippen LogP contribution in [0.5, 0.6) is 0 Å². The maximum Gasteiger partial charge on any atom is 0.223 e. The van der Waals surface area contributed by atoms with E-state index in [1.807, 2.05) is 0 Å². The van der Waals surface area contributed by atoms with E-state index in [1.165, 1.54) is 10.9 Å². The number of nitrogens with one attached hydrogen (secondary N) is 1. The highest BCUT2D eigenvalue weighted by Crippen LogP contribution is 2.23. The number of hydrogen-bond acceptors (Lipinski definition) is 2. The van der Waals surface area contributed by atoms with Gasteiger partial charge in [0.15, 0.2) is 0 Å². The third-order valence-electron chi connectivity index (χ3n) is 4.64. The topological polar surface area (TPSA) is 60.1 Å². The molecule has 4 nitrogen and oxygen atoms in total. The molecule has 1 aliphatic rings. The van der Waals surface area contributed by atoms with Gasteiger partial charge in [0.1, 0.15) is 0 Å². The summed E-state index contributed by atoms with van der Waals surface area (Å²) in [5.74, 6) is 0.309. The van der Waals surface area contributed by atoms with Crippen molar-refractivity contribution in [1.82, 2.24) is 9.88 Å². The van der Waals surface area contributed by atoms with E-state index in [1.54, 1.807) is 0 Å². The summed E-state index contributed by atoms with van der Waals surface area (Å²) in [6.07, 6.45) is 7.03. The zero-order valence-corrected chi connectivity index (χ0v) is 13.0. The molecule has 0 spiro atoms. The van der Waals surface area contributed by atoms with Crippen molar-refractivity contribution in [3.8, 4) is 0 Å². The van der Waals surface area contributed by atoms with Gasteiger partial charge in [0, 0.05) is 36.8 Å². The van der Waals surface area contributed by atoms with Crippen LogP contribution in [0.15, 0.2) is 36.5 Å². The van der Waals surface area contributed by atoms with Crippen molar-refractivity contribution in [1.29, 1.82) is 0 Å². The highest BCUT2D eigenvalue weighted by Gasteiger charge is 2.24. The van der Waals surface area contributed by atoms with Crippen LogP contribution in [0.25, 0.3) is 10.9 Å². The predicted octanol–water partition coefficient (Wildman–Crippen LogP) is 2.67. The van der Waals surface area contributed by atoms with Crippen LogP contribution in [0, 0.1) is 5.92 Å². The van der Waals surface area contributed by atoms with Crippen molar-refractivity contribution < 1.29 is 4.79 Å². The second-order valence-electron chi connectivity index (χ2n) is 6.34. The number of aryl methyl sites for hydroxylation is 1. The fourth-order valence-electron chi connectivity index (χ4n) is 3.41. The van der Waals surface area contributed by atoms with Gasteiger partial charge in [-0.15, -0.1) is 0 Å². The van der Waals surface area contributed by atoms with Crippen LogP contribution in [-0.4, -0.2) is 23.1 Å². The second-order valence-corrected chi connectivity index (χ2v) is 6.34. The molecule has 1 saturated carbocycles. The zero-order chi connectivity index (χ0) is 15.4. The number of aromatic nitrogens is 1. The molecule has 1 amide bonds. The molecule has 118 valence electrons. The summed E-state index contributed by atoms with van der Waals surface area (Å²) in [5, 5.41) is 4.34. The number of carbonyl (C=O) groups excluding carboxylic acids is 1. The first-order chi connectivity index (χ1) is 10.7. The molecule has 3 rings (SSSR count). The van der Waals surface area contributed by atoms with E-state index >= 15 is 0 Å². The maximum absolute atomic E-state index is 12.1. The fourth-order valence-corrected chi connectivity index (χ4v) is 3.41. The maximum atomic E-state index is 12.1. The molecule has 0 radical (unpaired) electrons. The Kier molecular flexibility index (Phi) is 4.78. The first-order valence-electron chi connectivity index (χ1n) is 8.31. The van der Waals surface area contributed by atoms with Crippen molar-refractivity contribution in [2.75, 3.05) is 6.54 Å². The monoisotopic (exact) mass is 299 g/mol. The summed E-state index contributed by atoms with van der Waals surface area (Å²) in [6, 6.07) is 10.7. The van der Waals surface area contributed by atoms with E-state index in [-0.39, 0.29) is 17.9 Å². The van der Waals surface area contributed by atoms with Gasteiger partial charge in [0.05, 0.1) is 0 Å². The van der Waals surface area contributed by atoms with Crippen LogP contribution < -0.4 is 11.1 Å². The summed E-state index contributed by atoms with van der Waals surface area (Å²) in [7, 11) is 0. The molecule has 1 heterocycles. The number of fused-ring (bicyclic) bond motifs is 1. The van der Waals surface area contributed by atoms with Gasteiger partial charge in [-0.25, -0.2) is 0 Å². The largest absolute Gasteiger partial charge is 0.356 e. The molecule has 1 aromatic carbocycles. The highest BCUT2D eigenvalue weighted by atomic mass is 16.1. The van der Waals surface area contributed by atoms with Crippen molar-refractivity contribution in [3.05, 3.63) is 36.5 Å². The van der Waals surface area contributed by atoms with Crippen LogP contribution in [0.4, 0.5) is 0 Å². The minimum absolute atomic E-state index is 0.121. The van der Waals surface area contributed by atoms with Gasteiger partial charge in [0.2, 0.25) is 5.91 Å². The quantitative estimate of drug-likeness (QED) is 0.834. The Morgan fingerprint density at radius 3 is 3.00 bits per heavy atom. The van der Waals surface area contributed by atoms with Crippen LogP contribution in [0.1, 0.15) is 32.1 Å². The number of rotatable bonds is 5. The van der Waals surface area contributed by atoms with Gasteiger partial charge in [-0.3, -0.25) is 4.79 Å². The molecular weight excluding hydrogens is 274 g/mol. The summed E-state index contributed by atoms with van der Waals surface area (Å²) >= 11 is 0. The van der Waals surface area contributed by atoms with Gasteiger partial charge >= 0.3 is 0 Å². The lowest BCUT2D eigenvalue weighted by Gasteiger charge is -2.25. The van der Waals surface area contributed by atoms with E-state index in [0.717, 1.165) is 45.2 Å². The molecule has 1 fully saturated rings. The second kappa shape index (κ2) is 6.97. The Hall–Kier alpha value is -1.81. The van der Waals surface area contributed by atoms with Crippen LogP contribution >= 0.6 is 0 Å². The molecule has 4 heteroatoms. The van der Waals surface area contributed by atoms with E-state index in [9.17, 15) is 4.79 Å². The SMILES string of the molecule is NC1CCCC(C(=O)NCCCn2ccc3ccccc32)C1. The highest BCUT2D eigenvalue weighted by molar-refractivity contribution is 5.80. The molecular formula is C18H25N3O. The van der Waals surface area contributed by atoms with Crippen LogP contribution in [0.3, 0.4) is 0 Å². The summed E-state index contributed by atoms with van der Waals surface area (Å²) in [5.41, 5.74) is 7.21. The van der Waals surface area contributed by atoms with Crippen molar-refractivity contribution >= 4 is 16.8 Å². The third-order valence-corrected chi connectivity index (χ3v) is 4.64. The number of nitrogens with two attached hydrogens (primary N) is 1. The van der Waals surface area contributed by atoms with E-state index in [0.29, 0.717) is 0 Å². The molecule has 2 aromatic rings. The van der Waals surface area contributed by atoms with Gasteiger partial charge in [-0.1, -0.05) is 24.6 Å². The molecule has 2 atom stereocenters.